The predicted molar refractivity (Wildman–Crippen MR) is 71.2 cm³/mol. The predicted octanol–water partition coefficient (Wildman–Crippen LogP) is 0.546. The number of H-pyrrole nitrogens is 1. The lowest BCUT2D eigenvalue weighted by atomic mass is 10.2. The summed E-state index contributed by atoms with van der Waals surface area (Å²) in [6.07, 6.45) is 0. The molecule has 2 aromatic heterocycles. The smallest absolute Gasteiger partial charge is 0.348 e. The van der Waals surface area contributed by atoms with Gasteiger partial charge in [-0.15, -0.1) is 9.61 Å². The average Bonchev–Trinajstić information content (AvgIpc) is 2.84. The maximum Gasteiger partial charge on any atom is 0.352 e. The lowest BCUT2D eigenvalue weighted by Crippen LogP contribution is -2.24. The van der Waals surface area contributed by atoms with Crippen molar-refractivity contribution < 1.29 is 0 Å². The topological polar surface area (TPSA) is 79.2 Å². The van der Waals surface area contributed by atoms with Gasteiger partial charge in [-0.1, -0.05) is 30.3 Å². The number of rotatable bonds is 2. The van der Waals surface area contributed by atoms with Crippen molar-refractivity contribution in [2.24, 2.45) is 0 Å². The fraction of sp³-hybridized carbons (Fsp3) is 0.167. The van der Waals surface area contributed by atoms with Gasteiger partial charge < -0.3 is 4.90 Å². The van der Waals surface area contributed by atoms with Gasteiger partial charge in [-0.3, -0.25) is 4.98 Å². The van der Waals surface area contributed by atoms with Crippen LogP contribution in [0.1, 0.15) is 0 Å². The van der Waals surface area contributed by atoms with E-state index in [2.05, 4.69) is 20.1 Å². The first-order valence-corrected chi connectivity index (χ1v) is 5.75. The van der Waals surface area contributed by atoms with Crippen LogP contribution in [0.5, 0.6) is 0 Å². The van der Waals surface area contributed by atoms with Gasteiger partial charge in [0.05, 0.1) is 0 Å². The summed E-state index contributed by atoms with van der Waals surface area (Å²) < 4.78 is 1.16. The van der Waals surface area contributed by atoms with Gasteiger partial charge >= 0.3 is 5.69 Å². The van der Waals surface area contributed by atoms with E-state index in [1.165, 1.54) is 0 Å². The van der Waals surface area contributed by atoms with Crippen LogP contribution in [0.4, 0.5) is 5.95 Å². The monoisotopic (exact) mass is 256 g/mol. The molecule has 0 aliphatic rings. The number of aromatic amines is 1. The van der Waals surface area contributed by atoms with E-state index < -0.39 is 0 Å². The van der Waals surface area contributed by atoms with E-state index in [0.717, 1.165) is 10.1 Å². The van der Waals surface area contributed by atoms with Crippen molar-refractivity contribution in [1.29, 1.82) is 0 Å². The molecule has 0 radical (unpaired) electrons. The Labute approximate surface area is 108 Å². The van der Waals surface area contributed by atoms with E-state index in [1.54, 1.807) is 19.0 Å². The van der Waals surface area contributed by atoms with E-state index >= 15 is 0 Å². The number of anilines is 1. The van der Waals surface area contributed by atoms with Gasteiger partial charge in [0, 0.05) is 19.7 Å². The Morgan fingerprint density at radius 3 is 2.58 bits per heavy atom. The zero-order chi connectivity index (χ0) is 13.4. The van der Waals surface area contributed by atoms with Gasteiger partial charge in [0.15, 0.2) is 5.82 Å². The molecule has 2 heterocycles. The molecule has 0 amide bonds. The lowest BCUT2D eigenvalue weighted by molar-refractivity contribution is 0.827. The van der Waals surface area contributed by atoms with Crippen molar-refractivity contribution in [2.75, 3.05) is 19.0 Å². The summed E-state index contributed by atoms with van der Waals surface area (Å²) in [6, 6.07) is 9.47. The van der Waals surface area contributed by atoms with Crippen molar-refractivity contribution in [2.45, 2.75) is 0 Å². The second-order valence-corrected chi connectivity index (χ2v) is 4.27. The fourth-order valence-corrected chi connectivity index (χ4v) is 1.71. The van der Waals surface area contributed by atoms with E-state index in [-0.39, 0.29) is 11.5 Å². The van der Waals surface area contributed by atoms with Gasteiger partial charge in [0.1, 0.15) is 0 Å². The molecule has 3 aromatic rings. The highest BCUT2D eigenvalue weighted by Crippen LogP contribution is 2.14. The van der Waals surface area contributed by atoms with Gasteiger partial charge in [-0.2, -0.15) is 9.97 Å². The van der Waals surface area contributed by atoms with Crippen molar-refractivity contribution in [3.05, 3.63) is 40.8 Å². The zero-order valence-corrected chi connectivity index (χ0v) is 10.5. The zero-order valence-electron chi connectivity index (χ0n) is 10.5. The van der Waals surface area contributed by atoms with Crippen LogP contribution in [0.2, 0.25) is 0 Å². The molecule has 7 nitrogen and oxygen atoms in total. The van der Waals surface area contributed by atoms with Crippen LogP contribution >= 0.6 is 0 Å². The minimum Gasteiger partial charge on any atom is -0.348 e. The van der Waals surface area contributed by atoms with Crippen molar-refractivity contribution in [3.63, 3.8) is 0 Å². The van der Waals surface area contributed by atoms with Crippen LogP contribution in [-0.4, -0.2) is 38.7 Å². The molecule has 0 atom stereocenters. The van der Waals surface area contributed by atoms with E-state index in [1.807, 2.05) is 30.3 Å². The molecule has 96 valence electrons. The molecule has 0 aliphatic heterocycles. The van der Waals surface area contributed by atoms with Crippen LogP contribution in [0.25, 0.3) is 17.2 Å². The summed E-state index contributed by atoms with van der Waals surface area (Å²) >= 11 is 0. The van der Waals surface area contributed by atoms with Crippen molar-refractivity contribution >= 4 is 11.7 Å². The highest BCUT2D eigenvalue weighted by molar-refractivity contribution is 5.56. The fourth-order valence-electron chi connectivity index (χ4n) is 1.71. The van der Waals surface area contributed by atoms with Gasteiger partial charge in [0.2, 0.25) is 5.95 Å². The SMILES string of the molecule is CN(C)c1nc2nc(-c3ccccc3)nn2c(=O)[nH]1. The number of hydrogen-bond acceptors (Lipinski definition) is 5. The van der Waals surface area contributed by atoms with E-state index in [9.17, 15) is 4.79 Å². The van der Waals surface area contributed by atoms with Crippen LogP contribution in [0.15, 0.2) is 35.1 Å². The highest BCUT2D eigenvalue weighted by atomic mass is 16.1. The molecule has 0 aliphatic carbocycles. The summed E-state index contributed by atoms with van der Waals surface area (Å²) in [7, 11) is 3.59. The number of fused-ring (bicyclic) bond motifs is 1. The normalized spacial score (nSPS) is 10.8. The summed E-state index contributed by atoms with van der Waals surface area (Å²) in [4.78, 5) is 24.8. The van der Waals surface area contributed by atoms with Crippen LogP contribution < -0.4 is 10.6 Å². The quantitative estimate of drug-likeness (QED) is 0.724. The molecule has 0 saturated carbocycles. The standard InChI is InChI=1S/C12H12N6O/c1-17(2)10-14-11-13-9(8-6-4-3-5-7-8)16-18(11)12(19)15-10/h3-7H,1-2H3,(H,13,14,15,16,19). The molecule has 3 rings (SSSR count). The Morgan fingerprint density at radius 1 is 1.16 bits per heavy atom. The third-order valence-corrected chi connectivity index (χ3v) is 2.66. The van der Waals surface area contributed by atoms with Crippen LogP contribution in [0.3, 0.4) is 0 Å². The van der Waals surface area contributed by atoms with Gasteiger partial charge in [-0.05, 0) is 0 Å². The van der Waals surface area contributed by atoms with E-state index in [0.29, 0.717) is 11.8 Å². The Hall–Kier alpha value is -2.70. The molecule has 0 bridgehead atoms. The molecule has 0 saturated heterocycles. The number of hydrogen-bond donors (Lipinski definition) is 1. The first-order valence-electron chi connectivity index (χ1n) is 5.75. The van der Waals surface area contributed by atoms with Gasteiger partial charge in [-0.25, -0.2) is 4.79 Å². The maximum atomic E-state index is 11.9. The number of aromatic nitrogens is 5. The Morgan fingerprint density at radius 2 is 1.89 bits per heavy atom. The molecular weight excluding hydrogens is 244 g/mol. The Balaban J connectivity index is 2.21. The Kier molecular flexibility index (Phi) is 2.52. The molecule has 0 fully saturated rings. The summed E-state index contributed by atoms with van der Waals surface area (Å²) in [5.41, 5.74) is 0.488. The first kappa shape index (κ1) is 11.4. The molecule has 19 heavy (non-hydrogen) atoms. The minimum absolute atomic E-state index is 0.284. The Bertz CT molecular complexity index is 774. The highest BCUT2D eigenvalue weighted by Gasteiger charge is 2.11. The van der Waals surface area contributed by atoms with E-state index in [4.69, 9.17) is 0 Å². The third-order valence-electron chi connectivity index (χ3n) is 2.66. The summed E-state index contributed by atoms with van der Waals surface area (Å²) in [5.74, 6) is 1.21. The summed E-state index contributed by atoms with van der Waals surface area (Å²) in [6.45, 7) is 0. The molecular formula is C12H12N6O. The van der Waals surface area contributed by atoms with Crippen LogP contribution in [0, 0.1) is 0 Å². The van der Waals surface area contributed by atoms with Gasteiger partial charge in [0.25, 0.3) is 5.78 Å². The lowest BCUT2D eigenvalue weighted by Gasteiger charge is -2.08. The molecule has 7 heteroatoms. The second-order valence-electron chi connectivity index (χ2n) is 4.27. The minimum atomic E-state index is -0.358. The molecule has 1 N–H and O–H groups in total. The van der Waals surface area contributed by atoms with Crippen molar-refractivity contribution in [3.8, 4) is 11.4 Å². The largest absolute Gasteiger partial charge is 0.352 e. The number of nitrogens with one attached hydrogen (secondary N) is 1. The third kappa shape index (κ3) is 1.95. The molecule has 0 unspecified atom stereocenters. The van der Waals surface area contributed by atoms with Crippen LogP contribution in [-0.2, 0) is 0 Å². The average molecular weight is 256 g/mol. The molecule has 0 spiro atoms. The summed E-state index contributed by atoms with van der Waals surface area (Å²) in [5, 5.41) is 4.16. The second kappa shape index (κ2) is 4.20. The number of nitrogens with zero attached hydrogens (tertiary/aromatic N) is 5. The number of benzene rings is 1. The maximum absolute atomic E-state index is 11.9. The van der Waals surface area contributed by atoms with Crippen molar-refractivity contribution in [1.82, 2.24) is 24.6 Å². The first-order chi connectivity index (χ1) is 9.15. The molecule has 1 aromatic carbocycles.